The SMILES string of the molecule is NC(=S)NC1CS(=O)(=O)CC1O. The van der Waals surface area contributed by atoms with Crippen LogP contribution in [0.3, 0.4) is 0 Å². The summed E-state index contributed by atoms with van der Waals surface area (Å²) in [5.41, 5.74) is 5.14. The van der Waals surface area contributed by atoms with Gasteiger partial charge in [0.05, 0.1) is 23.7 Å². The van der Waals surface area contributed by atoms with Crippen molar-refractivity contribution in [3.63, 3.8) is 0 Å². The lowest BCUT2D eigenvalue weighted by Gasteiger charge is -2.13. The van der Waals surface area contributed by atoms with E-state index in [4.69, 9.17) is 5.73 Å². The minimum absolute atomic E-state index is 0.0103. The van der Waals surface area contributed by atoms with Gasteiger partial charge in [0.1, 0.15) is 0 Å². The van der Waals surface area contributed by atoms with Gasteiger partial charge in [-0.3, -0.25) is 0 Å². The van der Waals surface area contributed by atoms with Gasteiger partial charge >= 0.3 is 0 Å². The van der Waals surface area contributed by atoms with Crippen molar-refractivity contribution in [1.29, 1.82) is 0 Å². The Morgan fingerprint density at radius 3 is 2.50 bits per heavy atom. The molecule has 0 aromatic heterocycles. The lowest BCUT2D eigenvalue weighted by Crippen LogP contribution is -2.44. The Balaban J connectivity index is 2.64. The van der Waals surface area contributed by atoms with Crippen molar-refractivity contribution >= 4 is 27.2 Å². The lowest BCUT2D eigenvalue weighted by molar-refractivity contribution is 0.175. The second-order valence-electron chi connectivity index (χ2n) is 2.76. The Labute approximate surface area is 75.9 Å². The van der Waals surface area contributed by atoms with Crippen LogP contribution in [0.1, 0.15) is 0 Å². The van der Waals surface area contributed by atoms with Gasteiger partial charge in [-0.15, -0.1) is 0 Å². The Bertz CT molecular complexity index is 287. The molecule has 0 radical (unpaired) electrons. The van der Waals surface area contributed by atoms with E-state index in [1.54, 1.807) is 0 Å². The number of nitrogens with two attached hydrogens (primary N) is 1. The van der Waals surface area contributed by atoms with Crippen LogP contribution >= 0.6 is 12.2 Å². The normalized spacial score (nSPS) is 33.1. The molecule has 12 heavy (non-hydrogen) atoms. The van der Waals surface area contributed by atoms with Gasteiger partial charge in [0.2, 0.25) is 0 Å². The number of sulfone groups is 1. The van der Waals surface area contributed by atoms with Crippen molar-refractivity contribution in [2.75, 3.05) is 11.5 Å². The Morgan fingerprint density at radius 2 is 2.17 bits per heavy atom. The van der Waals surface area contributed by atoms with Crippen LogP contribution in [0.25, 0.3) is 0 Å². The Hall–Kier alpha value is -0.400. The number of hydrogen-bond donors (Lipinski definition) is 3. The molecule has 1 aliphatic rings. The molecule has 5 nitrogen and oxygen atoms in total. The van der Waals surface area contributed by atoms with E-state index in [9.17, 15) is 13.5 Å². The molecule has 70 valence electrons. The van der Waals surface area contributed by atoms with E-state index in [2.05, 4.69) is 17.5 Å². The Morgan fingerprint density at radius 1 is 1.58 bits per heavy atom. The largest absolute Gasteiger partial charge is 0.390 e. The van der Waals surface area contributed by atoms with Gasteiger partial charge < -0.3 is 16.2 Å². The van der Waals surface area contributed by atoms with Gasteiger partial charge in [-0.05, 0) is 12.2 Å². The molecule has 1 heterocycles. The van der Waals surface area contributed by atoms with Crippen LogP contribution in [0.4, 0.5) is 0 Å². The van der Waals surface area contributed by atoms with Crippen molar-refractivity contribution in [2.24, 2.45) is 5.73 Å². The summed E-state index contributed by atoms with van der Waals surface area (Å²) in [6.45, 7) is 0. The fourth-order valence-corrected chi connectivity index (χ4v) is 3.04. The molecule has 1 saturated heterocycles. The zero-order valence-electron chi connectivity index (χ0n) is 6.23. The first-order chi connectivity index (χ1) is 5.41. The summed E-state index contributed by atoms with van der Waals surface area (Å²) in [5.74, 6) is -0.321. The molecule has 0 aromatic carbocycles. The highest BCUT2D eigenvalue weighted by atomic mass is 32.2. The third-order valence-corrected chi connectivity index (χ3v) is 3.48. The first-order valence-corrected chi connectivity index (χ1v) is 5.58. The minimum Gasteiger partial charge on any atom is -0.390 e. The van der Waals surface area contributed by atoms with Crippen molar-refractivity contribution in [3.05, 3.63) is 0 Å². The lowest BCUT2D eigenvalue weighted by atomic mass is 10.2. The van der Waals surface area contributed by atoms with Crippen LogP contribution in [0, 0.1) is 0 Å². The summed E-state index contributed by atoms with van der Waals surface area (Å²) >= 11 is 4.52. The first kappa shape index (κ1) is 9.69. The number of rotatable bonds is 1. The molecule has 0 spiro atoms. The fourth-order valence-electron chi connectivity index (χ4n) is 1.15. The molecule has 1 fully saturated rings. The minimum atomic E-state index is -3.12. The van der Waals surface area contributed by atoms with Crippen LogP contribution in [0.15, 0.2) is 0 Å². The highest BCUT2D eigenvalue weighted by Gasteiger charge is 2.36. The van der Waals surface area contributed by atoms with E-state index in [1.807, 2.05) is 0 Å². The van der Waals surface area contributed by atoms with Crippen LogP contribution in [0.2, 0.25) is 0 Å². The number of nitrogens with one attached hydrogen (secondary N) is 1. The zero-order chi connectivity index (χ0) is 9.35. The van der Waals surface area contributed by atoms with Gasteiger partial charge in [0, 0.05) is 0 Å². The molecule has 0 amide bonds. The smallest absolute Gasteiger partial charge is 0.163 e. The van der Waals surface area contributed by atoms with Gasteiger partial charge in [-0.2, -0.15) is 0 Å². The van der Waals surface area contributed by atoms with Gasteiger partial charge in [-0.1, -0.05) is 0 Å². The fraction of sp³-hybridized carbons (Fsp3) is 0.800. The maximum Gasteiger partial charge on any atom is 0.163 e. The molecule has 0 aliphatic carbocycles. The average molecular weight is 210 g/mol. The molecule has 2 unspecified atom stereocenters. The van der Waals surface area contributed by atoms with E-state index in [0.717, 1.165) is 0 Å². The zero-order valence-corrected chi connectivity index (χ0v) is 7.86. The summed E-state index contributed by atoms with van der Waals surface area (Å²) < 4.78 is 21.9. The quantitative estimate of drug-likeness (QED) is 0.433. The summed E-state index contributed by atoms with van der Waals surface area (Å²) in [6.07, 6.45) is -0.906. The third kappa shape index (κ3) is 2.29. The van der Waals surface area contributed by atoms with Gasteiger partial charge in [0.15, 0.2) is 14.9 Å². The van der Waals surface area contributed by atoms with Crippen LogP contribution in [0.5, 0.6) is 0 Å². The molecule has 1 aliphatic heterocycles. The maximum atomic E-state index is 10.9. The summed E-state index contributed by atoms with van der Waals surface area (Å²) in [4.78, 5) is 0. The highest BCUT2D eigenvalue weighted by Crippen LogP contribution is 2.11. The molecule has 0 bridgehead atoms. The van der Waals surface area contributed by atoms with Crippen molar-refractivity contribution in [1.82, 2.24) is 5.32 Å². The van der Waals surface area contributed by atoms with E-state index < -0.39 is 22.0 Å². The topological polar surface area (TPSA) is 92.4 Å². The standard InChI is InChI=1S/C5H10N2O3S2/c6-5(11)7-3-1-12(9,10)2-4(3)8/h3-4,8H,1-2H2,(H3,6,7,11). The van der Waals surface area contributed by atoms with Gasteiger partial charge in [0.25, 0.3) is 0 Å². The number of aliphatic hydroxyl groups is 1. The summed E-state index contributed by atoms with van der Waals surface area (Å²) in [7, 11) is -3.12. The van der Waals surface area contributed by atoms with Crippen molar-refractivity contribution < 1.29 is 13.5 Å². The number of thiocarbonyl (C=S) groups is 1. The summed E-state index contributed by atoms with van der Waals surface area (Å²) in [5, 5.41) is 11.8. The molecule has 0 aromatic rings. The molecular formula is C5H10N2O3S2. The first-order valence-electron chi connectivity index (χ1n) is 3.35. The molecule has 0 saturated carbocycles. The van der Waals surface area contributed by atoms with Crippen molar-refractivity contribution in [2.45, 2.75) is 12.1 Å². The van der Waals surface area contributed by atoms with Gasteiger partial charge in [-0.25, -0.2) is 8.42 Å². The third-order valence-electron chi connectivity index (χ3n) is 1.65. The summed E-state index contributed by atoms with van der Waals surface area (Å²) in [6, 6.07) is -0.549. The van der Waals surface area contributed by atoms with Crippen LogP contribution in [-0.4, -0.2) is 42.3 Å². The Kier molecular flexibility index (Phi) is 2.55. The number of aliphatic hydroxyl groups excluding tert-OH is 1. The van der Waals surface area contributed by atoms with E-state index in [-0.39, 0.29) is 16.6 Å². The predicted molar refractivity (Wildman–Crippen MR) is 48.4 cm³/mol. The maximum absolute atomic E-state index is 10.9. The number of hydrogen-bond acceptors (Lipinski definition) is 4. The predicted octanol–water partition coefficient (Wildman–Crippen LogP) is -2.02. The van der Waals surface area contributed by atoms with E-state index >= 15 is 0 Å². The van der Waals surface area contributed by atoms with Crippen LogP contribution < -0.4 is 11.1 Å². The molecule has 7 heteroatoms. The molecule has 2 atom stereocenters. The second-order valence-corrected chi connectivity index (χ2v) is 5.35. The molecule has 1 rings (SSSR count). The highest BCUT2D eigenvalue weighted by molar-refractivity contribution is 7.91. The van der Waals surface area contributed by atoms with Crippen molar-refractivity contribution in [3.8, 4) is 0 Å². The second kappa shape index (κ2) is 3.15. The van der Waals surface area contributed by atoms with E-state index in [1.165, 1.54) is 0 Å². The van der Waals surface area contributed by atoms with E-state index in [0.29, 0.717) is 0 Å². The monoisotopic (exact) mass is 210 g/mol. The molecular weight excluding hydrogens is 200 g/mol. The molecule has 4 N–H and O–H groups in total. The van der Waals surface area contributed by atoms with Crippen LogP contribution in [-0.2, 0) is 9.84 Å². The average Bonchev–Trinajstić information content (AvgIpc) is 2.03.